The number of fused-ring (bicyclic) bond motifs is 2. The summed E-state index contributed by atoms with van der Waals surface area (Å²) >= 11 is 0. The van der Waals surface area contributed by atoms with Crippen LogP contribution in [0, 0.1) is 0 Å². The molecule has 2 aromatic carbocycles. The summed E-state index contributed by atoms with van der Waals surface area (Å²) in [4.78, 5) is 5.60. The van der Waals surface area contributed by atoms with Gasteiger partial charge in [0.2, 0.25) is 0 Å². The van der Waals surface area contributed by atoms with Crippen LogP contribution in [-0.4, -0.2) is 87.4 Å². The third kappa shape index (κ3) is 8.96. The lowest BCUT2D eigenvalue weighted by atomic mass is 9.76. The first-order valence-electron chi connectivity index (χ1n) is 15.2. The zero-order valence-corrected chi connectivity index (χ0v) is 30.3. The van der Waals surface area contributed by atoms with E-state index in [2.05, 4.69) is 4.99 Å². The summed E-state index contributed by atoms with van der Waals surface area (Å²) in [7, 11) is -17.7. The molecule has 2 unspecified atom stereocenters. The predicted molar refractivity (Wildman–Crippen MR) is 186 cm³/mol. The molecule has 2 aromatic rings. The normalized spacial score (nSPS) is 22.1. The number of β-amino-alcohol motifs (C(OH)–C–C–N with tert-alkyl or cyclic N) is 1. The van der Waals surface area contributed by atoms with Crippen molar-refractivity contribution in [1.82, 2.24) is 0 Å². The maximum atomic E-state index is 12.0. The van der Waals surface area contributed by atoms with Gasteiger partial charge in [-0.25, -0.2) is 0 Å². The summed E-state index contributed by atoms with van der Waals surface area (Å²) in [5, 5.41) is 9.87. The van der Waals surface area contributed by atoms with Gasteiger partial charge in [0, 0.05) is 28.8 Å². The number of aliphatic imine (C=N–C) groups is 1. The molecule has 0 aromatic heterocycles. The van der Waals surface area contributed by atoms with Crippen LogP contribution in [0.2, 0.25) is 0 Å². The van der Waals surface area contributed by atoms with E-state index in [1.807, 2.05) is 0 Å². The number of hydrogen-bond acceptors (Lipinski definition) is 11. The molecule has 4 rings (SSSR count). The van der Waals surface area contributed by atoms with Crippen LogP contribution >= 0.6 is 0 Å². The highest BCUT2D eigenvalue weighted by Crippen LogP contribution is 2.51. The van der Waals surface area contributed by atoms with Crippen molar-refractivity contribution >= 4 is 57.6 Å². The van der Waals surface area contributed by atoms with E-state index in [4.69, 9.17) is 0 Å². The smallest absolute Gasteiger partial charge is 0.294 e. The number of benzene rings is 2. The van der Waals surface area contributed by atoms with Gasteiger partial charge in [-0.3, -0.25) is 23.2 Å². The van der Waals surface area contributed by atoms with Gasteiger partial charge in [-0.1, -0.05) is 18.2 Å². The van der Waals surface area contributed by atoms with E-state index in [0.717, 1.165) is 0 Å². The van der Waals surface area contributed by atoms with Crippen molar-refractivity contribution in [2.24, 2.45) is 4.99 Å². The maximum Gasteiger partial charge on any atom is 0.294 e. The van der Waals surface area contributed by atoms with Crippen LogP contribution in [-0.2, 0) is 51.3 Å². The number of anilines is 1. The molecule has 0 spiro atoms. The molecule has 0 radical (unpaired) electrons. The summed E-state index contributed by atoms with van der Waals surface area (Å²) in [5.74, 6) is -1.09. The van der Waals surface area contributed by atoms with E-state index in [1.165, 1.54) is 36.4 Å². The highest BCUT2D eigenvalue weighted by Gasteiger charge is 2.44. The standard InChI is InChI=1S/C31H38N2O13S4/c1-30(14-6-18-47(35,36)37)24-20-22(49(41,42)43)10-12-26(24)32-28(30)8-4-3-5-9-29-31(2,15-7-19-48(38,39)40)25-21-23(50(44,45)46)11-13-27(25)33(29)16-17-34/h3-5,8-13,20-21,34H,6-7,14-19H2,1-2H3,(H,35,36,37)(H,38,39,40)(H,41,42,43)(H,44,45,46)/b5-3+,8-4+,29-9+. The molecular weight excluding hydrogens is 737 g/mol. The summed E-state index contributed by atoms with van der Waals surface area (Å²) in [6, 6.07) is 7.87. The van der Waals surface area contributed by atoms with Crippen LogP contribution in [0.1, 0.15) is 50.7 Å². The van der Waals surface area contributed by atoms with Gasteiger partial charge in [-0.15, -0.1) is 0 Å². The monoisotopic (exact) mass is 774 g/mol. The fourth-order valence-corrected chi connectivity index (χ4v) is 8.49. The minimum absolute atomic E-state index is 0.00531. The Morgan fingerprint density at radius 3 is 1.80 bits per heavy atom. The zero-order valence-electron chi connectivity index (χ0n) is 27.0. The summed E-state index contributed by atoms with van der Waals surface area (Å²) < 4.78 is 131. The predicted octanol–water partition coefficient (Wildman–Crippen LogP) is 3.63. The van der Waals surface area contributed by atoms with Crippen LogP contribution in [0.5, 0.6) is 0 Å². The lowest BCUT2D eigenvalue weighted by molar-refractivity contribution is 0.303. The Labute approximate surface area is 291 Å². The number of aliphatic hydroxyl groups is 1. The van der Waals surface area contributed by atoms with Crippen LogP contribution in [0.15, 0.2) is 87.3 Å². The SMILES string of the molecule is CC1(CCCS(=O)(=O)O)C(/C=C/C=C/C=C2/N(CCO)c3ccc(S(=O)(=O)O)cc3C2(C)CCCS(=O)(=O)O)=Nc2ccc(S(=O)(=O)O)cc21. The molecule has 0 aliphatic carbocycles. The third-order valence-electron chi connectivity index (χ3n) is 8.89. The lowest BCUT2D eigenvalue weighted by Crippen LogP contribution is -2.31. The first-order chi connectivity index (χ1) is 23.0. The van der Waals surface area contributed by atoms with Crippen LogP contribution in [0.3, 0.4) is 0 Å². The Morgan fingerprint density at radius 1 is 0.720 bits per heavy atom. The Balaban J connectivity index is 1.71. The molecule has 5 N–H and O–H groups in total. The highest BCUT2D eigenvalue weighted by atomic mass is 32.2. The molecule has 0 bridgehead atoms. The van der Waals surface area contributed by atoms with Gasteiger partial charge in [0.15, 0.2) is 0 Å². The number of rotatable bonds is 15. The van der Waals surface area contributed by atoms with Gasteiger partial charge in [-0.05, 0) is 99.2 Å². The number of aliphatic hydroxyl groups excluding tert-OH is 1. The molecule has 0 saturated heterocycles. The first-order valence-corrected chi connectivity index (χ1v) is 21.3. The van der Waals surface area contributed by atoms with E-state index in [-0.39, 0.29) is 48.6 Å². The fourth-order valence-electron chi connectivity index (χ4n) is 6.46. The Kier molecular flexibility index (Phi) is 11.4. The topological polar surface area (TPSA) is 253 Å². The van der Waals surface area contributed by atoms with E-state index >= 15 is 0 Å². The molecule has 50 heavy (non-hydrogen) atoms. The van der Waals surface area contributed by atoms with E-state index in [1.54, 1.807) is 49.1 Å². The first kappa shape index (κ1) is 39.5. The highest BCUT2D eigenvalue weighted by molar-refractivity contribution is 7.86. The second kappa shape index (κ2) is 14.4. The van der Waals surface area contributed by atoms with Gasteiger partial charge < -0.3 is 10.0 Å². The largest absolute Gasteiger partial charge is 0.395 e. The third-order valence-corrected chi connectivity index (χ3v) is 12.2. The molecule has 0 fully saturated rings. The van der Waals surface area contributed by atoms with E-state index < -0.39 is 62.8 Å². The molecule has 2 heterocycles. The minimum Gasteiger partial charge on any atom is -0.395 e. The van der Waals surface area contributed by atoms with Gasteiger partial charge in [-0.2, -0.15) is 33.7 Å². The van der Waals surface area contributed by atoms with Crippen molar-refractivity contribution in [3.8, 4) is 0 Å². The second-order valence-corrected chi connectivity index (χ2v) is 18.4. The van der Waals surface area contributed by atoms with Crippen LogP contribution in [0.4, 0.5) is 11.4 Å². The molecule has 0 saturated carbocycles. The lowest BCUT2D eigenvalue weighted by Gasteiger charge is -2.30. The maximum absolute atomic E-state index is 12.0. The van der Waals surface area contributed by atoms with Crippen molar-refractivity contribution in [1.29, 1.82) is 0 Å². The molecule has 2 aliphatic rings. The van der Waals surface area contributed by atoms with Gasteiger partial charge in [0.05, 0.1) is 39.3 Å². The zero-order chi connectivity index (χ0) is 37.3. The average Bonchev–Trinajstić information content (AvgIpc) is 3.38. The van der Waals surface area contributed by atoms with Gasteiger partial charge in [0.1, 0.15) is 0 Å². The fraction of sp³-hybridized carbons (Fsp3) is 0.387. The molecule has 274 valence electrons. The summed E-state index contributed by atoms with van der Waals surface area (Å²) in [6.45, 7) is 3.27. The van der Waals surface area contributed by atoms with E-state index in [0.29, 0.717) is 33.9 Å². The Hall–Kier alpha value is -3.27. The minimum atomic E-state index is -4.59. The Morgan fingerprint density at radius 2 is 1.26 bits per heavy atom. The molecule has 15 nitrogen and oxygen atoms in total. The van der Waals surface area contributed by atoms with Gasteiger partial charge in [0.25, 0.3) is 40.5 Å². The molecule has 2 aliphatic heterocycles. The van der Waals surface area contributed by atoms with Crippen LogP contribution < -0.4 is 4.90 Å². The number of nitrogens with zero attached hydrogens (tertiary/aromatic N) is 2. The van der Waals surface area contributed by atoms with Crippen molar-refractivity contribution in [2.45, 2.75) is 60.2 Å². The summed E-state index contributed by atoms with van der Waals surface area (Å²) in [6.07, 6.45) is 8.50. The van der Waals surface area contributed by atoms with E-state index in [9.17, 15) is 57.0 Å². The molecule has 19 heteroatoms. The molecule has 0 amide bonds. The average molecular weight is 775 g/mol. The van der Waals surface area contributed by atoms with Gasteiger partial charge >= 0.3 is 0 Å². The van der Waals surface area contributed by atoms with Crippen molar-refractivity contribution in [3.05, 3.63) is 83.6 Å². The quantitative estimate of drug-likeness (QED) is 0.128. The van der Waals surface area contributed by atoms with Crippen molar-refractivity contribution in [3.63, 3.8) is 0 Å². The number of allylic oxidation sites excluding steroid dienone is 6. The summed E-state index contributed by atoms with van der Waals surface area (Å²) in [5.41, 5.74) is 0.784. The second-order valence-electron chi connectivity index (χ2n) is 12.4. The van der Waals surface area contributed by atoms with Crippen LogP contribution in [0.25, 0.3) is 0 Å². The van der Waals surface area contributed by atoms with Crippen molar-refractivity contribution < 1.29 is 57.0 Å². The number of hydrogen-bond donors (Lipinski definition) is 5. The van der Waals surface area contributed by atoms with Crippen molar-refractivity contribution in [2.75, 3.05) is 29.6 Å². The molecular formula is C31H38N2O13S4. The molecule has 2 atom stereocenters. The Bertz CT molecular complexity index is 2230.